The number of benzene rings is 1. The normalized spacial score (nSPS) is 10.1. The Morgan fingerprint density at radius 3 is 2.67 bits per heavy atom. The van der Waals surface area contributed by atoms with Gasteiger partial charge in [-0.1, -0.05) is 0 Å². The Labute approximate surface area is 113 Å². The number of halogens is 1. The number of aromatic hydroxyl groups is 1. The lowest BCUT2D eigenvalue weighted by Crippen LogP contribution is -2.22. The van der Waals surface area contributed by atoms with E-state index in [2.05, 4.69) is 26.2 Å². The molecule has 1 aromatic heterocycles. The Morgan fingerprint density at radius 2 is 2.00 bits per heavy atom. The van der Waals surface area contributed by atoms with Crippen molar-refractivity contribution in [2.75, 3.05) is 0 Å². The van der Waals surface area contributed by atoms with Gasteiger partial charge in [0.15, 0.2) is 0 Å². The highest BCUT2D eigenvalue weighted by Gasteiger charge is 2.07. The van der Waals surface area contributed by atoms with E-state index in [1.807, 2.05) is 12.1 Å². The standard InChI is InChI=1S/C13H11BrN2O2/c14-11-2-1-10(7-12(11)17)13(18)16-8-9-3-5-15-6-4-9/h1-7,17H,8H2,(H,16,18). The molecule has 92 valence electrons. The molecule has 0 aliphatic carbocycles. The van der Waals surface area contributed by atoms with E-state index < -0.39 is 0 Å². The number of hydrogen-bond donors (Lipinski definition) is 2. The van der Waals surface area contributed by atoms with Crippen LogP contribution in [0.25, 0.3) is 0 Å². The predicted octanol–water partition coefficient (Wildman–Crippen LogP) is 2.48. The highest BCUT2D eigenvalue weighted by atomic mass is 79.9. The summed E-state index contributed by atoms with van der Waals surface area (Å²) >= 11 is 3.17. The van der Waals surface area contributed by atoms with Crippen molar-refractivity contribution in [3.8, 4) is 5.75 Å². The summed E-state index contributed by atoms with van der Waals surface area (Å²) in [4.78, 5) is 15.7. The summed E-state index contributed by atoms with van der Waals surface area (Å²) in [5.74, 6) is -0.179. The molecule has 1 amide bonds. The highest BCUT2D eigenvalue weighted by molar-refractivity contribution is 9.10. The Kier molecular flexibility index (Phi) is 3.94. The number of nitrogens with one attached hydrogen (secondary N) is 1. The Hall–Kier alpha value is -1.88. The van der Waals surface area contributed by atoms with Crippen LogP contribution in [-0.2, 0) is 6.54 Å². The van der Waals surface area contributed by atoms with E-state index >= 15 is 0 Å². The Bertz CT molecular complexity index is 558. The summed E-state index contributed by atoms with van der Waals surface area (Å²) in [5.41, 5.74) is 1.39. The molecule has 0 aliphatic rings. The number of hydrogen-bond acceptors (Lipinski definition) is 3. The molecule has 2 aromatic rings. The van der Waals surface area contributed by atoms with Crippen LogP contribution in [0.1, 0.15) is 15.9 Å². The van der Waals surface area contributed by atoms with Gasteiger partial charge in [0.2, 0.25) is 0 Å². The van der Waals surface area contributed by atoms with Crippen LogP contribution in [0.4, 0.5) is 0 Å². The average molecular weight is 307 g/mol. The zero-order valence-electron chi connectivity index (χ0n) is 9.43. The quantitative estimate of drug-likeness (QED) is 0.916. The molecule has 0 atom stereocenters. The van der Waals surface area contributed by atoms with Gasteiger partial charge in [-0.3, -0.25) is 9.78 Å². The maximum absolute atomic E-state index is 11.8. The second-order valence-corrected chi connectivity index (χ2v) is 4.56. The van der Waals surface area contributed by atoms with Crippen molar-refractivity contribution in [3.05, 3.63) is 58.3 Å². The molecule has 1 heterocycles. The molecular formula is C13H11BrN2O2. The number of pyridine rings is 1. The van der Waals surface area contributed by atoms with E-state index in [9.17, 15) is 9.90 Å². The Balaban J connectivity index is 2.02. The number of phenols is 1. The van der Waals surface area contributed by atoms with Gasteiger partial charge in [-0.2, -0.15) is 0 Å². The zero-order chi connectivity index (χ0) is 13.0. The van der Waals surface area contributed by atoms with Gasteiger partial charge in [-0.15, -0.1) is 0 Å². The van der Waals surface area contributed by atoms with E-state index in [1.165, 1.54) is 6.07 Å². The fraction of sp³-hybridized carbons (Fsp3) is 0.0769. The van der Waals surface area contributed by atoms with Gasteiger partial charge >= 0.3 is 0 Å². The van der Waals surface area contributed by atoms with Crippen LogP contribution < -0.4 is 5.32 Å². The van der Waals surface area contributed by atoms with Crippen molar-refractivity contribution >= 4 is 21.8 Å². The van der Waals surface area contributed by atoms with Crippen molar-refractivity contribution in [1.82, 2.24) is 10.3 Å². The summed E-state index contributed by atoms with van der Waals surface area (Å²) in [5, 5.41) is 12.3. The lowest BCUT2D eigenvalue weighted by atomic mass is 10.2. The molecule has 0 saturated carbocycles. The monoisotopic (exact) mass is 306 g/mol. The van der Waals surface area contributed by atoms with E-state index in [0.717, 1.165) is 5.56 Å². The number of aromatic nitrogens is 1. The van der Waals surface area contributed by atoms with Crippen molar-refractivity contribution in [2.24, 2.45) is 0 Å². The van der Waals surface area contributed by atoms with E-state index in [-0.39, 0.29) is 11.7 Å². The maximum atomic E-state index is 11.8. The third-order valence-electron chi connectivity index (χ3n) is 2.41. The number of carbonyl (C=O) groups excluding carboxylic acids is 1. The van der Waals surface area contributed by atoms with Crippen LogP contribution in [0.15, 0.2) is 47.2 Å². The first-order valence-electron chi connectivity index (χ1n) is 5.32. The predicted molar refractivity (Wildman–Crippen MR) is 71.2 cm³/mol. The summed E-state index contributed by atoms with van der Waals surface area (Å²) < 4.78 is 0.563. The van der Waals surface area contributed by atoms with Crippen LogP contribution in [0.3, 0.4) is 0 Å². The molecular weight excluding hydrogens is 296 g/mol. The van der Waals surface area contributed by atoms with Crippen LogP contribution in [0, 0.1) is 0 Å². The SMILES string of the molecule is O=C(NCc1ccncc1)c1ccc(Br)c(O)c1. The fourth-order valence-corrected chi connectivity index (χ4v) is 1.69. The summed E-state index contributed by atoms with van der Waals surface area (Å²) in [6.45, 7) is 0.429. The lowest BCUT2D eigenvalue weighted by molar-refractivity contribution is 0.0950. The van der Waals surface area contributed by atoms with Crippen molar-refractivity contribution in [1.29, 1.82) is 0 Å². The first kappa shape index (κ1) is 12.6. The van der Waals surface area contributed by atoms with Gasteiger partial charge < -0.3 is 10.4 Å². The van der Waals surface area contributed by atoms with Crippen LogP contribution in [-0.4, -0.2) is 16.0 Å². The molecule has 4 nitrogen and oxygen atoms in total. The minimum Gasteiger partial charge on any atom is -0.507 e. The van der Waals surface area contributed by atoms with Crippen molar-refractivity contribution in [3.63, 3.8) is 0 Å². The summed E-state index contributed by atoms with van der Waals surface area (Å²) in [6, 6.07) is 8.37. The fourth-order valence-electron chi connectivity index (χ4n) is 1.44. The minimum atomic E-state index is -0.227. The summed E-state index contributed by atoms with van der Waals surface area (Å²) in [6.07, 6.45) is 3.35. The second kappa shape index (κ2) is 5.64. The third kappa shape index (κ3) is 3.07. The molecule has 0 spiro atoms. The van der Waals surface area contributed by atoms with E-state index in [4.69, 9.17) is 0 Å². The molecule has 1 aromatic carbocycles. The molecule has 5 heteroatoms. The number of carbonyl (C=O) groups is 1. The first-order valence-corrected chi connectivity index (χ1v) is 6.12. The molecule has 2 rings (SSSR count). The number of rotatable bonds is 3. The number of amides is 1. The molecule has 0 saturated heterocycles. The number of phenolic OH excluding ortho intramolecular Hbond substituents is 1. The van der Waals surface area contributed by atoms with Crippen LogP contribution >= 0.6 is 15.9 Å². The molecule has 0 fully saturated rings. The van der Waals surface area contributed by atoms with Gasteiger partial charge in [-0.05, 0) is 51.8 Å². The Morgan fingerprint density at radius 1 is 1.28 bits per heavy atom. The molecule has 0 unspecified atom stereocenters. The number of nitrogens with zero attached hydrogens (tertiary/aromatic N) is 1. The largest absolute Gasteiger partial charge is 0.507 e. The van der Waals surface area contributed by atoms with Gasteiger partial charge in [0.1, 0.15) is 5.75 Å². The maximum Gasteiger partial charge on any atom is 0.251 e. The van der Waals surface area contributed by atoms with Gasteiger partial charge in [0, 0.05) is 24.5 Å². The minimum absolute atomic E-state index is 0.0477. The first-order chi connectivity index (χ1) is 8.66. The van der Waals surface area contributed by atoms with Crippen LogP contribution in [0.5, 0.6) is 5.75 Å². The van der Waals surface area contributed by atoms with E-state index in [1.54, 1.807) is 24.5 Å². The smallest absolute Gasteiger partial charge is 0.251 e. The van der Waals surface area contributed by atoms with Crippen LogP contribution in [0.2, 0.25) is 0 Å². The van der Waals surface area contributed by atoms with Gasteiger partial charge in [0.05, 0.1) is 4.47 Å². The van der Waals surface area contributed by atoms with Gasteiger partial charge in [0.25, 0.3) is 5.91 Å². The zero-order valence-corrected chi connectivity index (χ0v) is 11.0. The molecule has 0 radical (unpaired) electrons. The van der Waals surface area contributed by atoms with Crippen molar-refractivity contribution < 1.29 is 9.90 Å². The second-order valence-electron chi connectivity index (χ2n) is 3.70. The topological polar surface area (TPSA) is 62.2 Å². The van der Waals surface area contributed by atoms with Gasteiger partial charge in [-0.25, -0.2) is 0 Å². The molecule has 18 heavy (non-hydrogen) atoms. The molecule has 0 aliphatic heterocycles. The molecule has 0 bridgehead atoms. The van der Waals surface area contributed by atoms with E-state index in [0.29, 0.717) is 16.6 Å². The third-order valence-corrected chi connectivity index (χ3v) is 3.08. The highest BCUT2D eigenvalue weighted by Crippen LogP contribution is 2.24. The summed E-state index contributed by atoms with van der Waals surface area (Å²) in [7, 11) is 0. The van der Waals surface area contributed by atoms with Crippen molar-refractivity contribution in [2.45, 2.75) is 6.54 Å². The lowest BCUT2D eigenvalue weighted by Gasteiger charge is -2.06. The average Bonchev–Trinajstić information content (AvgIpc) is 2.40. The molecule has 2 N–H and O–H groups in total.